The summed E-state index contributed by atoms with van der Waals surface area (Å²) in [7, 11) is 0.737. The number of nitrogens with one attached hydrogen (secondary N) is 1. The number of hydrogen-bond donors (Lipinski definition) is 2. The van der Waals surface area contributed by atoms with E-state index in [1.165, 1.54) is 39.2 Å². The van der Waals surface area contributed by atoms with Gasteiger partial charge in [-0.3, -0.25) is 4.79 Å². The topological polar surface area (TPSA) is 117 Å². The molecule has 0 saturated carbocycles. The molecule has 0 bridgehead atoms. The number of amides is 1. The number of benzene rings is 3. The Bertz CT molecular complexity index is 1410. The van der Waals surface area contributed by atoms with Crippen molar-refractivity contribution in [2.24, 2.45) is 0 Å². The molecule has 182 valence electrons. The quantitative estimate of drug-likeness (QED) is 0.354. The molecule has 3 aromatic rings. The van der Waals surface area contributed by atoms with Crippen molar-refractivity contribution in [3.8, 4) is 17.2 Å². The van der Waals surface area contributed by atoms with Crippen molar-refractivity contribution in [3.05, 3.63) is 70.6 Å². The Labute approximate surface area is 208 Å². The van der Waals surface area contributed by atoms with Crippen LogP contribution in [0.1, 0.15) is 11.1 Å². The van der Waals surface area contributed by atoms with Crippen molar-refractivity contribution in [1.29, 1.82) is 0 Å². The standard InChI is InChI=1S/C25H24N2O6S2/c1-31-20-5-4-6-21(32-2)17(20)14-35(29,30)16-8-9-19-23(13-16)34-24(25(28)27-19)12-15-7-10-22(33-3)18(26)11-15/h4-13H,14,26H2,1-3H3,(H,27,28)/b24-12-. The van der Waals surface area contributed by atoms with Crippen LogP contribution < -0.4 is 25.3 Å². The van der Waals surface area contributed by atoms with E-state index in [4.69, 9.17) is 19.9 Å². The maximum Gasteiger partial charge on any atom is 0.262 e. The molecule has 8 nitrogen and oxygen atoms in total. The van der Waals surface area contributed by atoms with Crippen molar-refractivity contribution in [1.82, 2.24) is 0 Å². The van der Waals surface area contributed by atoms with Gasteiger partial charge in [0.25, 0.3) is 5.91 Å². The summed E-state index contributed by atoms with van der Waals surface area (Å²) in [6, 6.07) is 15.0. The van der Waals surface area contributed by atoms with E-state index in [2.05, 4.69) is 5.32 Å². The average Bonchev–Trinajstić information content (AvgIpc) is 2.84. The van der Waals surface area contributed by atoms with Crippen LogP contribution in [0.4, 0.5) is 11.4 Å². The Balaban J connectivity index is 1.66. The lowest BCUT2D eigenvalue weighted by Crippen LogP contribution is -2.18. The summed E-state index contributed by atoms with van der Waals surface area (Å²) in [5.74, 6) is 0.808. The van der Waals surface area contributed by atoms with Gasteiger partial charge in [-0.05, 0) is 54.1 Å². The number of carbonyl (C=O) groups excluding carboxylic acids is 1. The average molecular weight is 513 g/mol. The predicted molar refractivity (Wildman–Crippen MR) is 137 cm³/mol. The highest BCUT2D eigenvalue weighted by molar-refractivity contribution is 8.04. The second-order valence-corrected chi connectivity index (χ2v) is 10.7. The number of nitrogen functional groups attached to an aromatic ring is 1. The fourth-order valence-corrected chi connectivity index (χ4v) is 6.13. The summed E-state index contributed by atoms with van der Waals surface area (Å²) in [5.41, 5.74) is 8.12. The van der Waals surface area contributed by atoms with Gasteiger partial charge in [0.2, 0.25) is 0 Å². The first kappa shape index (κ1) is 24.5. The SMILES string of the molecule is COc1ccc(/C=C2\Sc3cc(S(=O)(=O)Cc4c(OC)cccc4OC)ccc3NC2=O)cc1N. The summed E-state index contributed by atoms with van der Waals surface area (Å²) in [6.45, 7) is 0. The van der Waals surface area contributed by atoms with Crippen LogP contribution in [-0.2, 0) is 20.4 Å². The van der Waals surface area contributed by atoms with E-state index in [1.807, 2.05) is 0 Å². The fraction of sp³-hybridized carbons (Fsp3) is 0.160. The van der Waals surface area contributed by atoms with Crippen LogP contribution in [0.5, 0.6) is 17.2 Å². The number of methoxy groups -OCH3 is 3. The monoisotopic (exact) mass is 512 g/mol. The van der Waals surface area contributed by atoms with Crippen molar-refractivity contribution >= 4 is 45.0 Å². The molecule has 0 atom stereocenters. The Morgan fingerprint density at radius 3 is 2.26 bits per heavy atom. The van der Waals surface area contributed by atoms with Crippen LogP contribution in [0.15, 0.2) is 69.3 Å². The van der Waals surface area contributed by atoms with Crippen LogP contribution >= 0.6 is 11.8 Å². The Hall–Kier alpha value is -3.63. The van der Waals surface area contributed by atoms with E-state index in [1.54, 1.807) is 54.6 Å². The molecule has 0 radical (unpaired) electrons. The third-order valence-electron chi connectivity index (χ3n) is 5.42. The van der Waals surface area contributed by atoms with Crippen LogP contribution in [0.3, 0.4) is 0 Å². The van der Waals surface area contributed by atoms with Gasteiger partial charge in [0.15, 0.2) is 9.84 Å². The van der Waals surface area contributed by atoms with Gasteiger partial charge in [0, 0.05) is 4.90 Å². The number of hydrogen-bond acceptors (Lipinski definition) is 8. The third kappa shape index (κ3) is 5.08. The molecular weight excluding hydrogens is 488 g/mol. The molecule has 0 spiro atoms. The third-order valence-corrected chi connectivity index (χ3v) is 8.14. The molecule has 0 saturated heterocycles. The van der Waals surface area contributed by atoms with E-state index >= 15 is 0 Å². The van der Waals surface area contributed by atoms with Gasteiger partial charge in [0.1, 0.15) is 17.2 Å². The summed E-state index contributed by atoms with van der Waals surface area (Å²) < 4.78 is 42.5. The van der Waals surface area contributed by atoms with Gasteiger partial charge in [0.05, 0.1) is 53.8 Å². The maximum atomic E-state index is 13.3. The van der Waals surface area contributed by atoms with Gasteiger partial charge >= 0.3 is 0 Å². The number of fused-ring (bicyclic) bond motifs is 1. The molecule has 3 aromatic carbocycles. The maximum absolute atomic E-state index is 13.3. The number of ether oxygens (including phenoxy) is 3. The Kier molecular flexibility index (Phi) is 6.95. The summed E-state index contributed by atoms with van der Waals surface area (Å²) in [5, 5.41) is 2.81. The lowest BCUT2D eigenvalue weighted by atomic mass is 10.1. The molecular formula is C25H24N2O6S2. The zero-order chi connectivity index (χ0) is 25.2. The van der Waals surface area contributed by atoms with Crippen molar-refractivity contribution in [3.63, 3.8) is 0 Å². The van der Waals surface area contributed by atoms with Crippen LogP contribution in [-0.4, -0.2) is 35.7 Å². The second-order valence-electron chi connectivity index (χ2n) is 7.62. The number of rotatable bonds is 7. The number of nitrogens with two attached hydrogens (primary N) is 1. The molecule has 0 fully saturated rings. The summed E-state index contributed by atoms with van der Waals surface area (Å²) in [4.78, 5) is 13.8. The van der Waals surface area contributed by atoms with E-state index < -0.39 is 9.84 Å². The molecule has 4 rings (SSSR count). The molecule has 0 unspecified atom stereocenters. The first-order valence-electron chi connectivity index (χ1n) is 10.5. The van der Waals surface area contributed by atoms with Crippen LogP contribution in [0.25, 0.3) is 6.08 Å². The normalized spacial score (nSPS) is 14.3. The van der Waals surface area contributed by atoms with Crippen LogP contribution in [0, 0.1) is 0 Å². The molecule has 0 aliphatic carbocycles. The molecule has 1 heterocycles. The molecule has 1 aliphatic rings. The zero-order valence-electron chi connectivity index (χ0n) is 19.3. The minimum absolute atomic E-state index is 0.126. The molecule has 35 heavy (non-hydrogen) atoms. The second kappa shape index (κ2) is 9.93. The summed E-state index contributed by atoms with van der Waals surface area (Å²) >= 11 is 1.19. The number of thioether (sulfide) groups is 1. The number of sulfone groups is 1. The highest BCUT2D eigenvalue weighted by Gasteiger charge is 2.26. The number of carbonyl (C=O) groups is 1. The molecule has 3 N–H and O–H groups in total. The first-order valence-corrected chi connectivity index (χ1v) is 12.9. The minimum atomic E-state index is -3.75. The minimum Gasteiger partial charge on any atom is -0.496 e. The fourth-order valence-electron chi connectivity index (χ4n) is 3.67. The van der Waals surface area contributed by atoms with Crippen molar-refractivity contribution < 1.29 is 27.4 Å². The largest absolute Gasteiger partial charge is 0.496 e. The van der Waals surface area contributed by atoms with E-state index in [0.717, 1.165) is 5.56 Å². The van der Waals surface area contributed by atoms with Gasteiger partial charge in [-0.2, -0.15) is 0 Å². The summed E-state index contributed by atoms with van der Waals surface area (Å²) in [6.07, 6.45) is 1.69. The van der Waals surface area contributed by atoms with Crippen molar-refractivity contribution in [2.45, 2.75) is 15.5 Å². The highest BCUT2D eigenvalue weighted by atomic mass is 32.2. The lowest BCUT2D eigenvalue weighted by molar-refractivity contribution is -0.112. The van der Waals surface area contributed by atoms with Crippen molar-refractivity contribution in [2.75, 3.05) is 32.4 Å². The zero-order valence-corrected chi connectivity index (χ0v) is 21.0. The van der Waals surface area contributed by atoms with Gasteiger partial charge in [-0.1, -0.05) is 23.9 Å². The molecule has 10 heteroatoms. The van der Waals surface area contributed by atoms with Crippen LogP contribution in [0.2, 0.25) is 0 Å². The molecule has 0 aromatic heterocycles. The predicted octanol–water partition coefficient (Wildman–Crippen LogP) is 4.35. The Morgan fingerprint density at radius 1 is 0.943 bits per heavy atom. The van der Waals surface area contributed by atoms with E-state index in [-0.39, 0.29) is 16.6 Å². The van der Waals surface area contributed by atoms with Gasteiger partial charge < -0.3 is 25.3 Å². The molecule has 1 amide bonds. The molecule has 1 aliphatic heterocycles. The van der Waals surface area contributed by atoms with Gasteiger partial charge in [-0.15, -0.1) is 0 Å². The Morgan fingerprint density at radius 2 is 1.63 bits per heavy atom. The van der Waals surface area contributed by atoms with E-state index in [0.29, 0.717) is 44.0 Å². The highest BCUT2D eigenvalue weighted by Crippen LogP contribution is 2.41. The van der Waals surface area contributed by atoms with Gasteiger partial charge in [-0.25, -0.2) is 8.42 Å². The van der Waals surface area contributed by atoms with E-state index in [9.17, 15) is 13.2 Å². The smallest absolute Gasteiger partial charge is 0.262 e. The lowest BCUT2D eigenvalue weighted by Gasteiger charge is -2.20. The number of anilines is 2. The first-order chi connectivity index (χ1) is 16.7.